The van der Waals surface area contributed by atoms with E-state index in [0.717, 1.165) is 5.56 Å². The molecule has 2 aromatic rings. The first-order valence-electron chi connectivity index (χ1n) is 7.81. The fourth-order valence-electron chi connectivity index (χ4n) is 3.38. The molecule has 0 amide bonds. The molecule has 1 aromatic carbocycles. The molecule has 2 aliphatic rings. The first-order valence-corrected chi connectivity index (χ1v) is 8.18. The van der Waals surface area contributed by atoms with Gasteiger partial charge >= 0.3 is 11.7 Å². The lowest BCUT2D eigenvalue weighted by atomic mass is 9.83. The highest BCUT2D eigenvalue weighted by Gasteiger charge is 2.41. The number of anilines is 1. The predicted octanol–water partition coefficient (Wildman–Crippen LogP) is 1.58. The zero-order chi connectivity index (χ0) is 17.7. The van der Waals surface area contributed by atoms with Crippen LogP contribution in [0.2, 0.25) is 5.02 Å². The molecule has 2 N–H and O–H groups in total. The summed E-state index contributed by atoms with van der Waals surface area (Å²) in [6.07, 6.45) is 0. The van der Waals surface area contributed by atoms with Crippen LogP contribution in [0.1, 0.15) is 24.0 Å². The smallest absolute Gasteiger partial charge is 0.337 e. The molecule has 8 heteroatoms. The minimum absolute atomic E-state index is 0.0857. The highest BCUT2D eigenvalue weighted by atomic mass is 35.5. The van der Waals surface area contributed by atoms with E-state index in [2.05, 4.69) is 10.3 Å². The van der Waals surface area contributed by atoms with Crippen LogP contribution in [0.15, 0.2) is 45.1 Å². The van der Waals surface area contributed by atoms with Crippen molar-refractivity contribution in [1.29, 1.82) is 0 Å². The van der Waals surface area contributed by atoms with Gasteiger partial charge in [-0.25, -0.2) is 9.59 Å². The van der Waals surface area contributed by atoms with Crippen molar-refractivity contribution in [1.82, 2.24) is 9.55 Å². The Bertz CT molecular complexity index is 1030. The summed E-state index contributed by atoms with van der Waals surface area (Å²) < 4.78 is 6.59. The van der Waals surface area contributed by atoms with Gasteiger partial charge in [0.1, 0.15) is 12.4 Å². The number of aromatic nitrogens is 2. The Morgan fingerprint density at radius 2 is 1.96 bits per heavy atom. The number of fused-ring (bicyclic) bond motifs is 1. The van der Waals surface area contributed by atoms with Crippen molar-refractivity contribution in [2.24, 2.45) is 0 Å². The van der Waals surface area contributed by atoms with E-state index in [0.29, 0.717) is 34.2 Å². The van der Waals surface area contributed by atoms with Crippen LogP contribution in [-0.4, -0.2) is 22.1 Å². The van der Waals surface area contributed by atoms with E-state index in [4.69, 9.17) is 16.3 Å². The summed E-state index contributed by atoms with van der Waals surface area (Å²) in [6, 6.07) is 6.92. The second-order valence-electron chi connectivity index (χ2n) is 5.84. The summed E-state index contributed by atoms with van der Waals surface area (Å²) in [5.74, 6) is -0.698. The zero-order valence-electron chi connectivity index (χ0n) is 13.3. The van der Waals surface area contributed by atoms with Crippen LogP contribution in [0.3, 0.4) is 0 Å². The second kappa shape index (κ2) is 5.63. The lowest BCUT2D eigenvalue weighted by molar-refractivity contribution is -0.136. The Morgan fingerprint density at radius 3 is 2.64 bits per heavy atom. The standard InChI is InChI=1S/C17H14ClN3O4/c1-2-21-14-13(15(22)20-17(21)24)11(8-3-5-9(18)6-4-8)12-10(19-14)7-25-16(12)23/h3-6,11,19H,2,7H2,1H3,(H,20,22,24)/t11-/m1/s1. The fraction of sp³-hybridized carbons (Fsp3) is 0.235. The van der Waals surface area contributed by atoms with Crippen LogP contribution in [0.4, 0.5) is 5.82 Å². The molecule has 0 bridgehead atoms. The van der Waals surface area contributed by atoms with Crippen LogP contribution in [-0.2, 0) is 16.1 Å². The largest absolute Gasteiger partial charge is 0.456 e. The molecule has 0 fully saturated rings. The number of ether oxygens (including phenoxy) is 1. The van der Waals surface area contributed by atoms with Crippen molar-refractivity contribution in [3.63, 3.8) is 0 Å². The van der Waals surface area contributed by atoms with E-state index in [1.165, 1.54) is 4.57 Å². The minimum Gasteiger partial charge on any atom is -0.456 e. The maximum absolute atomic E-state index is 12.6. The van der Waals surface area contributed by atoms with Gasteiger partial charge in [-0.1, -0.05) is 23.7 Å². The van der Waals surface area contributed by atoms with E-state index < -0.39 is 23.1 Å². The van der Waals surface area contributed by atoms with Crippen LogP contribution in [0, 0.1) is 0 Å². The van der Waals surface area contributed by atoms with Gasteiger partial charge in [0, 0.05) is 11.6 Å². The molecule has 0 saturated carbocycles. The number of hydrogen-bond donors (Lipinski definition) is 2. The molecule has 25 heavy (non-hydrogen) atoms. The van der Waals surface area contributed by atoms with Crippen LogP contribution < -0.4 is 16.6 Å². The van der Waals surface area contributed by atoms with Crippen molar-refractivity contribution in [3.8, 4) is 0 Å². The van der Waals surface area contributed by atoms with Crippen LogP contribution in [0.25, 0.3) is 0 Å². The third-order valence-corrected chi connectivity index (χ3v) is 4.75. The first kappa shape index (κ1) is 15.7. The van der Waals surface area contributed by atoms with Crippen molar-refractivity contribution in [2.75, 3.05) is 11.9 Å². The van der Waals surface area contributed by atoms with Gasteiger partial charge in [0.25, 0.3) is 5.56 Å². The highest BCUT2D eigenvalue weighted by Crippen LogP contribution is 2.42. The zero-order valence-corrected chi connectivity index (χ0v) is 14.0. The summed E-state index contributed by atoms with van der Waals surface area (Å²) >= 11 is 5.96. The van der Waals surface area contributed by atoms with Crippen LogP contribution >= 0.6 is 11.6 Å². The van der Waals surface area contributed by atoms with E-state index in [-0.39, 0.29) is 6.61 Å². The van der Waals surface area contributed by atoms with E-state index in [9.17, 15) is 14.4 Å². The van der Waals surface area contributed by atoms with Crippen molar-refractivity contribution < 1.29 is 9.53 Å². The van der Waals surface area contributed by atoms with Gasteiger partial charge in [-0.15, -0.1) is 0 Å². The van der Waals surface area contributed by atoms with Gasteiger partial charge < -0.3 is 10.1 Å². The Hall–Kier alpha value is -2.80. The quantitative estimate of drug-likeness (QED) is 0.794. The molecule has 3 heterocycles. The first-order chi connectivity index (χ1) is 12.0. The Labute approximate surface area is 146 Å². The number of hydrogen-bond acceptors (Lipinski definition) is 5. The normalized spacial score (nSPS) is 18.5. The average Bonchev–Trinajstić information content (AvgIpc) is 2.95. The maximum Gasteiger partial charge on any atom is 0.337 e. The molecule has 0 unspecified atom stereocenters. The molecule has 0 aliphatic carbocycles. The van der Waals surface area contributed by atoms with Gasteiger partial charge in [0.2, 0.25) is 0 Å². The Kier molecular flexibility index (Phi) is 3.54. The molecule has 2 aliphatic heterocycles. The summed E-state index contributed by atoms with van der Waals surface area (Å²) in [6.45, 7) is 2.26. The van der Waals surface area contributed by atoms with Crippen molar-refractivity contribution in [2.45, 2.75) is 19.4 Å². The van der Waals surface area contributed by atoms with E-state index in [1.54, 1.807) is 31.2 Å². The lowest BCUT2D eigenvalue weighted by Crippen LogP contribution is -2.38. The fourth-order valence-corrected chi connectivity index (χ4v) is 3.50. The molecule has 4 rings (SSSR count). The summed E-state index contributed by atoms with van der Waals surface area (Å²) in [4.78, 5) is 39.3. The highest BCUT2D eigenvalue weighted by molar-refractivity contribution is 6.30. The number of carbonyl (C=O) groups excluding carboxylic acids is 1. The summed E-state index contributed by atoms with van der Waals surface area (Å²) in [7, 11) is 0. The van der Waals surface area contributed by atoms with Gasteiger partial charge in [-0.3, -0.25) is 14.3 Å². The number of nitrogens with zero attached hydrogens (tertiary/aromatic N) is 1. The molecular formula is C17H14ClN3O4. The monoisotopic (exact) mass is 359 g/mol. The number of cyclic esters (lactones) is 1. The number of nitrogens with one attached hydrogen (secondary N) is 2. The van der Waals surface area contributed by atoms with Gasteiger partial charge in [-0.2, -0.15) is 0 Å². The SMILES string of the molecule is CCn1c2c(c(=O)[nH]c1=O)[C@H](c1ccc(Cl)cc1)C1=C(COC1=O)N2. The molecule has 1 atom stereocenters. The molecule has 0 saturated heterocycles. The number of benzene rings is 1. The minimum atomic E-state index is -0.624. The molecular weight excluding hydrogens is 346 g/mol. The second-order valence-corrected chi connectivity index (χ2v) is 6.28. The molecule has 128 valence electrons. The number of rotatable bonds is 2. The van der Waals surface area contributed by atoms with Gasteiger partial charge in [0.15, 0.2) is 0 Å². The average molecular weight is 360 g/mol. The molecule has 7 nitrogen and oxygen atoms in total. The van der Waals surface area contributed by atoms with Crippen molar-refractivity contribution >= 4 is 23.4 Å². The summed E-state index contributed by atoms with van der Waals surface area (Å²) in [5, 5.41) is 3.60. The van der Waals surface area contributed by atoms with E-state index in [1.807, 2.05) is 0 Å². The molecule has 1 aromatic heterocycles. The van der Waals surface area contributed by atoms with E-state index >= 15 is 0 Å². The molecule has 0 spiro atoms. The van der Waals surface area contributed by atoms with Crippen molar-refractivity contribution in [3.05, 3.63) is 72.5 Å². The number of esters is 1. The summed E-state index contributed by atoms with van der Waals surface area (Å²) in [5.41, 5.74) is 0.990. The maximum atomic E-state index is 12.6. The van der Waals surface area contributed by atoms with Gasteiger partial charge in [0.05, 0.1) is 22.8 Å². The molecule has 0 radical (unpaired) electrons. The lowest BCUT2D eigenvalue weighted by Gasteiger charge is -2.27. The topological polar surface area (TPSA) is 93.2 Å². The number of aromatic amines is 1. The number of H-pyrrole nitrogens is 1. The Morgan fingerprint density at radius 1 is 1.24 bits per heavy atom. The number of halogens is 1. The third-order valence-electron chi connectivity index (χ3n) is 4.49. The third kappa shape index (κ3) is 2.31. The number of carbonyl (C=O) groups is 1. The van der Waals surface area contributed by atoms with Crippen LogP contribution in [0.5, 0.6) is 0 Å². The predicted molar refractivity (Wildman–Crippen MR) is 91.9 cm³/mol. The van der Waals surface area contributed by atoms with Gasteiger partial charge in [-0.05, 0) is 24.6 Å². The Balaban J connectivity index is 2.04.